The van der Waals surface area contributed by atoms with Crippen LogP contribution in [-0.4, -0.2) is 54.6 Å². The van der Waals surface area contributed by atoms with Crippen molar-refractivity contribution in [1.82, 2.24) is 9.80 Å². The second kappa shape index (κ2) is 5.28. The van der Waals surface area contributed by atoms with Crippen molar-refractivity contribution in [3.05, 3.63) is 0 Å². The molecule has 2 N–H and O–H groups in total. The molecule has 1 atom stereocenters. The highest BCUT2D eigenvalue weighted by Crippen LogP contribution is 2.20. The summed E-state index contributed by atoms with van der Waals surface area (Å²) in [6, 6.07) is 1.27. The van der Waals surface area contributed by atoms with E-state index in [1.807, 2.05) is 0 Å². The highest BCUT2D eigenvalue weighted by atomic mass is 15.2. The van der Waals surface area contributed by atoms with Crippen molar-refractivity contribution in [1.29, 1.82) is 0 Å². The van der Waals surface area contributed by atoms with Crippen LogP contribution in [0.2, 0.25) is 0 Å². The van der Waals surface area contributed by atoms with E-state index in [-0.39, 0.29) is 0 Å². The first-order valence-electron chi connectivity index (χ1n) is 6.51. The van der Waals surface area contributed by atoms with E-state index in [4.69, 9.17) is 5.73 Å². The van der Waals surface area contributed by atoms with Crippen molar-refractivity contribution in [3.8, 4) is 0 Å². The molecule has 2 rings (SSSR count). The van der Waals surface area contributed by atoms with Crippen LogP contribution in [0.25, 0.3) is 0 Å². The maximum atomic E-state index is 5.95. The molecule has 2 heterocycles. The van der Waals surface area contributed by atoms with Gasteiger partial charge in [0.15, 0.2) is 0 Å². The summed E-state index contributed by atoms with van der Waals surface area (Å²) in [5.74, 6) is 0. The zero-order valence-electron chi connectivity index (χ0n) is 9.99. The van der Waals surface area contributed by atoms with Gasteiger partial charge in [-0.2, -0.15) is 0 Å². The van der Waals surface area contributed by atoms with Crippen LogP contribution in [-0.2, 0) is 0 Å². The van der Waals surface area contributed by atoms with E-state index in [9.17, 15) is 0 Å². The van der Waals surface area contributed by atoms with Gasteiger partial charge in [-0.05, 0) is 45.3 Å². The van der Waals surface area contributed by atoms with Gasteiger partial charge in [0.1, 0.15) is 0 Å². The van der Waals surface area contributed by atoms with Crippen LogP contribution >= 0.6 is 0 Å². The fraction of sp³-hybridized carbons (Fsp3) is 1.00. The van der Waals surface area contributed by atoms with Crippen LogP contribution in [0.3, 0.4) is 0 Å². The van der Waals surface area contributed by atoms with Gasteiger partial charge in [0.25, 0.3) is 0 Å². The lowest BCUT2D eigenvalue weighted by atomic mass is 10.0. The third-order valence-corrected chi connectivity index (χ3v) is 3.87. The SMILES string of the molecule is CCCN1CCC(N2CCC(N)C2)CC1. The lowest BCUT2D eigenvalue weighted by Gasteiger charge is -2.36. The Labute approximate surface area is 93.6 Å². The number of nitrogens with two attached hydrogens (primary N) is 1. The number of nitrogens with zero attached hydrogens (tertiary/aromatic N) is 2. The predicted molar refractivity (Wildman–Crippen MR) is 63.9 cm³/mol. The van der Waals surface area contributed by atoms with Crippen molar-refractivity contribution >= 4 is 0 Å². The first kappa shape index (κ1) is 11.4. The fourth-order valence-electron chi connectivity index (χ4n) is 2.97. The van der Waals surface area contributed by atoms with Crippen LogP contribution in [0.5, 0.6) is 0 Å². The first-order chi connectivity index (χ1) is 7.29. The van der Waals surface area contributed by atoms with Gasteiger partial charge >= 0.3 is 0 Å². The van der Waals surface area contributed by atoms with Gasteiger partial charge in [-0.15, -0.1) is 0 Å². The molecule has 0 bridgehead atoms. The van der Waals surface area contributed by atoms with Gasteiger partial charge in [0.2, 0.25) is 0 Å². The minimum atomic E-state index is 0.443. The highest BCUT2D eigenvalue weighted by molar-refractivity contribution is 4.86. The Morgan fingerprint density at radius 3 is 2.40 bits per heavy atom. The van der Waals surface area contributed by atoms with Crippen molar-refractivity contribution < 1.29 is 0 Å². The van der Waals surface area contributed by atoms with Crippen LogP contribution in [0, 0.1) is 0 Å². The zero-order chi connectivity index (χ0) is 10.7. The molecular formula is C12H25N3. The van der Waals surface area contributed by atoms with Gasteiger partial charge in [0, 0.05) is 25.2 Å². The summed E-state index contributed by atoms with van der Waals surface area (Å²) in [5.41, 5.74) is 5.95. The molecule has 0 amide bonds. The Balaban J connectivity index is 1.73. The summed E-state index contributed by atoms with van der Waals surface area (Å²) in [5, 5.41) is 0. The molecular weight excluding hydrogens is 186 g/mol. The summed E-state index contributed by atoms with van der Waals surface area (Å²) < 4.78 is 0. The summed E-state index contributed by atoms with van der Waals surface area (Å²) in [6.45, 7) is 8.52. The fourth-order valence-corrected chi connectivity index (χ4v) is 2.97. The Morgan fingerprint density at radius 1 is 1.13 bits per heavy atom. The van der Waals surface area contributed by atoms with Crippen LogP contribution in [0.15, 0.2) is 0 Å². The molecule has 0 aliphatic carbocycles. The van der Waals surface area contributed by atoms with E-state index < -0.39 is 0 Å². The standard InChI is InChI=1S/C12H25N3/c1-2-6-14-7-4-12(5-8-14)15-9-3-11(13)10-15/h11-12H,2-10,13H2,1H3. The molecule has 15 heavy (non-hydrogen) atoms. The van der Waals surface area contributed by atoms with Crippen LogP contribution < -0.4 is 5.73 Å². The molecule has 3 nitrogen and oxygen atoms in total. The topological polar surface area (TPSA) is 32.5 Å². The molecule has 2 aliphatic heterocycles. The van der Waals surface area contributed by atoms with Crippen molar-refractivity contribution in [3.63, 3.8) is 0 Å². The van der Waals surface area contributed by atoms with Gasteiger partial charge in [-0.3, -0.25) is 4.90 Å². The number of likely N-dealkylation sites (tertiary alicyclic amines) is 2. The largest absolute Gasteiger partial charge is 0.326 e. The monoisotopic (exact) mass is 211 g/mol. The molecule has 2 saturated heterocycles. The Morgan fingerprint density at radius 2 is 1.87 bits per heavy atom. The van der Waals surface area contributed by atoms with Gasteiger partial charge in [-0.1, -0.05) is 6.92 Å². The Kier molecular flexibility index (Phi) is 4.00. The summed E-state index contributed by atoms with van der Waals surface area (Å²) in [4.78, 5) is 5.22. The molecule has 0 aromatic rings. The normalized spacial score (nSPS) is 31.2. The highest BCUT2D eigenvalue weighted by Gasteiger charge is 2.28. The lowest BCUT2D eigenvalue weighted by molar-refractivity contribution is 0.126. The second-order valence-corrected chi connectivity index (χ2v) is 5.12. The second-order valence-electron chi connectivity index (χ2n) is 5.12. The average Bonchev–Trinajstić information content (AvgIpc) is 2.67. The molecule has 0 radical (unpaired) electrons. The van der Waals surface area contributed by atoms with Crippen LogP contribution in [0.1, 0.15) is 32.6 Å². The van der Waals surface area contributed by atoms with Gasteiger partial charge in [0.05, 0.1) is 0 Å². The summed E-state index contributed by atoms with van der Waals surface area (Å²) in [7, 11) is 0. The molecule has 3 heteroatoms. The quantitative estimate of drug-likeness (QED) is 0.752. The Bertz CT molecular complexity index is 187. The first-order valence-corrected chi connectivity index (χ1v) is 6.51. The molecule has 0 aromatic heterocycles. The maximum Gasteiger partial charge on any atom is 0.0180 e. The van der Waals surface area contributed by atoms with Crippen molar-refractivity contribution in [2.24, 2.45) is 5.73 Å². The number of hydrogen-bond acceptors (Lipinski definition) is 3. The molecule has 0 spiro atoms. The van der Waals surface area contributed by atoms with E-state index in [2.05, 4.69) is 16.7 Å². The van der Waals surface area contributed by atoms with Gasteiger partial charge < -0.3 is 10.6 Å². The molecule has 0 saturated carbocycles. The average molecular weight is 211 g/mol. The third kappa shape index (κ3) is 2.92. The molecule has 88 valence electrons. The molecule has 2 aliphatic rings. The van der Waals surface area contributed by atoms with E-state index in [0.29, 0.717) is 6.04 Å². The summed E-state index contributed by atoms with van der Waals surface area (Å²) >= 11 is 0. The van der Waals surface area contributed by atoms with Crippen molar-refractivity contribution in [2.45, 2.75) is 44.7 Å². The smallest absolute Gasteiger partial charge is 0.0180 e. The minimum absolute atomic E-state index is 0.443. The molecule has 1 unspecified atom stereocenters. The van der Waals surface area contributed by atoms with Gasteiger partial charge in [-0.25, -0.2) is 0 Å². The van der Waals surface area contributed by atoms with Crippen LogP contribution in [0.4, 0.5) is 0 Å². The number of hydrogen-bond donors (Lipinski definition) is 1. The molecule has 2 fully saturated rings. The summed E-state index contributed by atoms with van der Waals surface area (Å²) in [6.07, 6.45) is 5.20. The van der Waals surface area contributed by atoms with E-state index >= 15 is 0 Å². The van der Waals surface area contributed by atoms with E-state index in [0.717, 1.165) is 12.6 Å². The minimum Gasteiger partial charge on any atom is -0.326 e. The number of piperidine rings is 1. The number of rotatable bonds is 3. The lowest BCUT2D eigenvalue weighted by Crippen LogP contribution is -2.44. The van der Waals surface area contributed by atoms with E-state index in [1.54, 1.807) is 0 Å². The van der Waals surface area contributed by atoms with Crippen molar-refractivity contribution in [2.75, 3.05) is 32.7 Å². The maximum absolute atomic E-state index is 5.95. The predicted octanol–water partition coefficient (Wildman–Crippen LogP) is 0.894. The zero-order valence-corrected chi connectivity index (χ0v) is 9.99. The van der Waals surface area contributed by atoms with E-state index in [1.165, 1.54) is 51.9 Å². The third-order valence-electron chi connectivity index (χ3n) is 3.87. The Hall–Kier alpha value is -0.120. The molecule has 0 aromatic carbocycles.